The molecule has 2 fully saturated rings. The number of carbonyl (C=O) groups excluding carboxylic acids is 1. The van der Waals surface area contributed by atoms with Crippen LogP contribution < -0.4 is 5.32 Å². The fourth-order valence-electron chi connectivity index (χ4n) is 3.36. The summed E-state index contributed by atoms with van der Waals surface area (Å²) in [6.07, 6.45) is -0.277. The molecular formula is C18H23F3N2O. The molecule has 0 bridgehead atoms. The average Bonchev–Trinajstić information content (AvgIpc) is 3.25. The van der Waals surface area contributed by atoms with Crippen LogP contribution in [0.1, 0.15) is 43.2 Å². The third kappa shape index (κ3) is 4.29. The number of rotatable bonds is 6. The van der Waals surface area contributed by atoms with Crippen LogP contribution in [0.3, 0.4) is 0 Å². The summed E-state index contributed by atoms with van der Waals surface area (Å²) in [6.45, 7) is 1.99. The third-order valence-corrected chi connectivity index (χ3v) is 4.90. The average molecular weight is 340 g/mol. The molecule has 132 valence electrons. The molecule has 0 spiro atoms. The largest absolute Gasteiger partial charge is 0.416 e. The fourth-order valence-corrected chi connectivity index (χ4v) is 3.36. The van der Waals surface area contributed by atoms with Crippen molar-refractivity contribution >= 4 is 5.91 Å². The van der Waals surface area contributed by atoms with Crippen molar-refractivity contribution in [1.82, 2.24) is 10.2 Å². The number of hydrogen-bond donors (Lipinski definition) is 1. The normalized spacial score (nSPS) is 21.0. The van der Waals surface area contributed by atoms with E-state index in [-0.39, 0.29) is 24.1 Å². The van der Waals surface area contributed by atoms with Gasteiger partial charge < -0.3 is 10.2 Å². The maximum atomic E-state index is 13.2. The molecule has 24 heavy (non-hydrogen) atoms. The van der Waals surface area contributed by atoms with Gasteiger partial charge in [0, 0.05) is 19.0 Å². The van der Waals surface area contributed by atoms with Crippen LogP contribution in [0.2, 0.25) is 0 Å². The first-order valence-electron chi connectivity index (χ1n) is 8.60. The monoisotopic (exact) mass is 340 g/mol. The molecule has 1 N–H and O–H groups in total. The lowest BCUT2D eigenvalue weighted by atomic mass is 10.0. The standard InChI is InChI=1S/C18H23F3N2O/c19-18(20,21)16-4-2-1-3-14(16)12-23(15-6-7-15)17(24)8-5-13-9-10-22-11-13/h1-4,13,15,22H,5-12H2. The van der Waals surface area contributed by atoms with Gasteiger partial charge in [-0.15, -0.1) is 0 Å². The number of hydrogen-bond acceptors (Lipinski definition) is 2. The first-order valence-corrected chi connectivity index (χ1v) is 8.60. The van der Waals surface area contributed by atoms with E-state index in [0.29, 0.717) is 12.3 Å². The lowest BCUT2D eigenvalue weighted by Gasteiger charge is -2.25. The molecule has 1 heterocycles. The Morgan fingerprint density at radius 3 is 2.58 bits per heavy atom. The summed E-state index contributed by atoms with van der Waals surface area (Å²) >= 11 is 0. The van der Waals surface area contributed by atoms with Gasteiger partial charge in [-0.1, -0.05) is 18.2 Å². The van der Waals surface area contributed by atoms with E-state index in [9.17, 15) is 18.0 Å². The molecule has 1 unspecified atom stereocenters. The number of nitrogens with zero attached hydrogens (tertiary/aromatic N) is 1. The van der Waals surface area contributed by atoms with E-state index in [1.807, 2.05) is 0 Å². The number of amides is 1. The Morgan fingerprint density at radius 1 is 1.21 bits per heavy atom. The number of carbonyl (C=O) groups is 1. The summed E-state index contributed by atoms with van der Waals surface area (Å²) in [5.74, 6) is 0.499. The minimum Gasteiger partial charge on any atom is -0.335 e. The van der Waals surface area contributed by atoms with Crippen molar-refractivity contribution in [3.8, 4) is 0 Å². The van der Waals surface area contributed by atoms with Crippen LogP contribution in [0.25, 0.3) is 0 Å². The van der Waals surface area contributed by atoms with E-state index in [0.717, 1.165) is 44.8 Å². The first-order chi connectivity index (χ1) is 11.4. The molecule has 1 aromatic carbocycles. The van der Waals surface area contributed by atoms with E-state index in [1.165, 1.54) is 12.1 Å². The van der Waals surface area contributed by atoms with Crippen molar-refractivity contribution in [2.24, 2.45) is 5.92 Å². The molecule has 1 aromatic rings. The van der Waals surface area contributed by atoms with Crippen molar-refractivity contribution in [3.63, 3.8) is 0 Å². The van der Waals surface area contributed by atoms with Crippen molar-refractivity contribution in [2.45, 2.75) is 50.9 Å². The number of benzene rings is 1. The predicted molar refractivity (Wildman–Crippen MR) is 85.2 cm³/mol. The lowest BCUT2D eigenvalue weighted by molar-refractivity contribution is -0.140. The third-order valence-electron chi connectivity index (χ3n) is 4.90. The van der Waals surface area contributed by atoms with Gasteiger partial charge in [0.2, 0.25) is 5.91 Å². The molecule has 1 aliphatic carbocycles. The Bertz CT molecular complexity index is 578. The molecule has 1 atom stereocenters. The summed E-state index contributed by atoms with van der Waals surface area (Å²) < 4.78 is 39.5. The smallest absolute Gasteiger partial charge is 0.335 e. The van der Waals surface area contributed by atoms with E-state index >= 15 is 0 Å². The van der Waals surface area contributed by atoms with Gasteiger partial charge in [0.05, 0.1) is 5.56 Å². The second-order valence-corrected chi connectivity index (χ2v) is 6.81. The van der Waals surface area contributed by atoms with Crippen molar-refractivity contribution in [2.75, 3.05) is 13.1 Å². The number of nitrogens with one attached hydrogen (secondary N) is 1. The van der Waals surface area contributed by atoms with Crippen LogP contribution in [-0.4, -0.2) is 29.9 Å². The molecule has 1 saturated carbocycles. The van der Waals surface area contributed by atoms with Crippen LogP contribution in [0.15, 0.2) is 24.3 Å². The van der Waals surface area contributed by atoms with E-state index in [4.69, 9.17) is 0 Å². The topological polar surface area (TPSA) is 32.3 Å². The second kappa shape index (κ2) is 7.13. The Kier molecular flexibility index (Phi) is 5.13. The maximum Gasteiger partial charge on any atom is 0.416 e. The molecular weight excluding hydrogens is 317 g/mol. The summed E-state index contributed by atoms with van der Waals surface area (Å²) in [4.78, 5) is 14.2. The Morgan fingerprint density at radius 2 is 1.96 bits per heavy atom. The Balaban J connectivity index is 1.67. The van der Waals surface area contributed by atoms with Gasteiger partial charge in [-0.05, 0) is 56.3 Å². The second-order valence-electron chi connectivity index (χ2n) is 6.81. The summed E-state index contributed by atoms with van der Waals surface area (Å²) in [7, 11) is 0. The first kappa shape index (κ1) is 17.3. The van der Waals surface area contributed by atoms with E-state index < -0.39 is 11.7 Å². The van der Waals surface area contributed by atoms with Gasteiger partial charge >= 0.3 is 6.18 Å². The van der Waals surface area contributed by atoms with Crippen molar-refractivity contribution in [3.05, 3.63) is 35.4 Å². The van der Waals surface area contributed by atoms with Gasteiger partial charge in [0.15, 0.2) is 0 Å². The van der Waals surface area contributed by atoms with Crippen LogP contribution >= 0.6 is 0 Å². The zero-order chi connectivity index (χ0) is 17.2. The molecule has 1 amide bonds. The molecule has 2 aliphatic rings. The zero-order valence-electron chi connectivity index (χ0n) is 13.6. The molecule has 1 saturated heterocycles. The van der Waals surface area contributed by atoms with Gasteiger partial charge in [-0.2, -0.15) is 13.2 Å². The highest BCUT2D eigenvalue weighted by atomic mass is 19.4. The Labute approximate surface area is 140 Å². The maximum absolute atomic E-state index is 13.2. The number of alkyl halides is 3. The predicted octanol–water partition coefficient (Wildman–Crippen LogP) is 3.59. The Hall–Kier alpha value is -1.56. The molecule has 0 aromatic heterocycles. The molecule has 0 radical (unpaired) electrons. The van der Waals surface area contributed by atoms with Gasteiger partial charge in [-0.25, -0.2) is 0 Å². The van der Waals surface area contributed by atoms with E-state index in [1.54, 1.807) is 11.0 Å². The van der Waals surface area contributed by atoms with Gasteiger partial charge in [-0.3, -0.25) is 4.79 Å². The highest BCUT2D eigenvalue weighted by Crippen LogP contribution is 2.35. The lowest BCUT2D eigenvalue weighted by Crippen LogP contribution is -2.33. The molecule has 3 rings (SSSR count). The fraction of sp³-hybridized carbons (Fsp3) is 0.611. The highest BCUT2D eigenvalue weighted by Gasteiger charge is 2.37. The van der Waals surface area contributed by atoms with Crippen molar-refractivity contribution in [1.29, 1.82) is 0 Å². The quantitative estimate of drug-likeness (QED) is 0.858. The molecule has 1 aliphatic heterocycles. The highest BCUT2D eigenvalue weighted by molar-refractivity contribution is 5.77. The minimum absolute atomic E-state index is 0.0126. The van der Waals surface area contributed by atoms with Crippen LogP contribution in [-0.2, 0) is 17.5 Å². The van der Waals surface area contributed by atoms with Crippen LogP contribution in [0.5, 0.6) is 0 Å². The number of halogens is 3. The van der Waals surface area contributed by atoms with E-state index in [2.05, 4.69) is 5.32 Å². The summed E-state index contributed by atoms with van der Waals surface area (Å²) in [5, 5.41) is 3.27. The summed E-state index contributed by atoms with van der Waals surface area (Å²) in [5.41, 5.74) is -0.448. The van der Waals surface area contributed by atoms with Crippen LogP contribution in [0.4, 0.5) is 13.2 Å². The van der Waals surface area contributed by atoms with Crippen LogP contribution in [0, 0.1) is 5.92 Å². The van der Waals surface area contributed by atoms with Gasteiger partial charge in [0.25, 0.3) is 0 Å². The minimum atomic E-state index is -4.38. The molecule has 3 nitrogen and oxygen atoms in total. The zero-order valence-corrected chi connectivity index (χ0v) is 13.6. The summed E-state index contributed by atoms with van der Waals surface area (Å²) in [6, 6.07) is 5.68. The molecule has 6 heteroatoms. The van der Waals surface area contributed by atoms with Crippen molar-refractivity contribution < 1.29 is 18.0 Å². The van der Waals surface area contributed by atoms with Gasteiger partial charge in [0.1, 0.15) is 0 Å². The SMILES string of the molecule is O=C(CCC1CCNC1)N(Cc1ccccc1C(F)(F)F)C1CC1.